The monoisotopic (exact) mass is 176 g/mol. The minimum Gasteiger partial charge on any atom is -0.507 e. The number of hydrogen-bond acceptors (Lipinski definition) is 2. The van der Waals surface area contributed by atoms with Crippen LogP contribution in [0.4, 0.5) is 0 Å². The van der Waals surface area contributed by atoms with Crippen molar-refractivity contribution in [2.45, 2.75) is 13.3 Å². The lowest BCUT2D eigenvalue weighted by atomic mass is 10.1. The van der Waals surface area contributed by atoms with E-state index in [4.69, 9.17) is 0 Å². The van der Waals surface area contributed by atoms with Crippen molar-refractivity contribution in [2.75, 3.05) is 0 Å². The van der Waals surface area contributed by atoms with Crippen molar-refractivity contribution in [3.8, 4) is 5.75 Å². The van der Waals surface area contributed by atoms with Gasteiger partial charge >= 0.3 is 0 Å². The van der Waals surface area contributed by atoms with Crippen LogP contribution in [0.2, 0.25) is 0 Å². The second-order valence-electron chi connectivity index (χ2n) is 3.13. The summed E-state index contributed by atoms with van der Waals surface area (Å²) in [7, 11) is 1.89. The Balaban J connectivity index is 2.88. The number of benzene rings is 1. The van der Waals surface area contributed by atoms with Gasteiger partial charge in [0.15, 0.2) is 0 Å². The summed E-state index contributed by atoms with van der Waals surface area (Å²) in [5, 5.41) is 14.5. The third-order valence-electron chi connectivity index (χ3n) is 2.34. The highest BCUT2D eigenvalue weighted by atomic mass is 16.3. The summed E-state index contributed by atoms with van der Waals surface area (Å²) in [5.74, 6) is 0.306. The number of aromatic hydroxyl groups is 1. The normalized spacial score (nSPS) is 10.9. The predicted octanol–water partition coefficient (Wildman–Crippen LogP) is 1.84. The Morgan fingerprint density at radius 1 is 1.46 bits per heavy atom. The maximum Gasteiger partial charge on any atom is 0.126 e. The maximum atomic E-state index is 9.55. The van der Waals surface area contributed by atoms with E-state index in [1.807, 2.05) is 13.1 Å². The molecule has 1 aromatic carbocycles. The van der Waals surface area contributed by atoms with Gasteiger partial charge in [-0.25, -0.2) is 0 Å². The Kier molecular flexibility index (Phi) is 1.72. The zero-order chi connectivity index (χ0) is 9.42. The van der Waals surface area contributed by atoms with Gasteiger partial charge in [-0.15, -0.1) is 0 Å². The molecule has 68 valence electrons. The van der Waals surface area contributed by atoms with Gasteiger partial charge in [0, 0.05) is 7.05 Å². The number of fused-ring (bicyclic) bond motifs is 1. The second-order valence-corrected chi connectivity index (χ2v) is 3.13. The Labute approximate surface area is 76.6 Å². The van der Waals surface area contributed by atoms with Crippen LogP contribution in [-0.4, -0.2) is 14.9 Å². The summed E-state index contributed by atoms with van der Waals surface area (Å²) in [6.07, 6.45) is 2.65. The third kappa shape index (κ3) is 1.08. The molecular formula is C10H12N2O. The van der Waals surface area contributed by atoms with E-state index in [0.29, 0.717) is 5.75 Å². The summed E-state index contributed by atoms with van der Waals surface area (Å²) in [4.78, 5) is 0. The molecule has 0 aliphatic rings. The van der Waals surface area contributed by atoms with Gasteiger partial charge in [-0.1, -0.05) is 13.0 Å². The SMILES string of the molecule is CCc1ccc(O)c2cnn(C)c12. The maximum absolute atomic E-state index is 9.55. The van der Waals surface area contributed by atoms with E-state index in [9.17, 15) is 5.11 Å². The quantitative estimate of drug-likeness (QED) is 0.720. The van der Waals surface area contributed by atoms with Crippen molar-refractivity contribution in [3.63, 3.8) is 0 Å². The van der Waals surface area contributed by atoms with Crippen LogP contribution in [-0.2, 0) is 13.5 Å². The number of aromatic nitrogens is 2. The van der Waals surface area contributed by atoms with Crippen LogP contribution in [0.15, 0.2) is 18.3 Å². The largest absolute Gasteiger partial charge is 0.507 e. The van der Waals surface area contributed by atoms with Crippen molar-refractivity contribution in [3.05, 3.63) is 23.9 Å². The van der Waals surface area contributed by atoms with Crippen LogP contribution in [0.1, 0.15) is 12.5 Å². The molecule has 0 radical (unpaired) electrons. The van der Waals surface area contributed by atoms with E-state index >= 15 is 0 Å². The average molecular weight is 176 g/mol. The first-order valence-electron chi connectivity index (χ1n) is 4.36. The average Bonchev–Trinajstić information content (AvgIpc) is 2.51. The molecule has 1 heterocycles. The predicted molar refractivity (Wildman–Crippen MR) is 51.8 cm³/mol. The van der Waals surface area contributed by atoms with Crippen LogP contribution in [0.25, 0.3) is 10.9 Å². The van der Waals surface area contributed by atoms with E-state index in [-0.39, 0.29) is 0 Å². The van der Waals surface area contributed by atoms with Crippen LogP contribution >= 0.6 is 0 Å². The zero-order valence-electron chi connectivity index (χ0n) is 7.78. The van der Waals surface area contributed by atoms with Gasteiger partial charge in [0.2, 0.25) is 0 Å². The van der Waals surface area contributed by atoms with E-state index in [1.54, 1.807) is 16.9 Å². The molecule has 0 saturated carbocycles. The van der Waals surface area contributed by atoms with Crippen LogP contribution in [0, 0.1) is 0 Å². The number of phenols is 1. The van der Waals surface area contributed by atoms with Gasteiger partial charge in [-0.05, 0) is 18.1 Å². The Morgan fingerprint density at radius 2 is 2.23 bits per heavy atom. The van der Waals surface area contributed by atoms with Crippen LogP contribution in [0.3, 0.4) is 0 Å². The fraction of sp³-hybridized carbons (Fsp3) is 0.300. The highest BCUT2D eigenvalue weighted by molar-refractivity contribution is 5.87. The highest BCUT2D eigenvalue weighted by Crippen LogP contribution is 2.26. The number of hydrogen-bond donors (Lipinski definition) is 1. The van der Waals surface area contributed by atoms with Crippen LogP contribution < -0.4 is 0 Å². The minimum absolute atomic E-state index is 0.306. The molecule has 0 fully saturated rings. The smallest absolute Gasteiger partial charge is 0.126 e. The molecule has 0 spiro atoms. The number of rotatable bonds is 1. The van der Waals surface area contributed by atoms with Crippen molar-refractivity contribution < 1.29 is 5.11 Å². The Hall–Kier alpha value is -1.51. The van der Waals surface area contributed by atoms with Crippen molar-refractivity contribution in [2.24, 2.45) is 7.05 Å². The lowest BCUT2D eigenvalue weighted by Crippen LogP contribution is -1.93. The summed E-state index contributed by atoms with van der Waals surface area (Å²) in [6.45, 7) is 2.10. The standard InChI is InChI=1S/C10H12N2O/c1-3-7-4-5-9(13)8-6-11-12(2)10(7)8/h4-6,13H,3H2,1-2H3. The third-order valence-corrected chi connectivity index (χ3v) is 2.34. The molecule has 1 N–H and O–H groups in total. The molecule has 3 heteroatoms. The van der Waals surface area contributed by atoms with E-state index < -0.39 is 0 Å². The first kappa shape index (κ1) is 8.10. The summed E-state index contributed by atoms with van der Waals surface area (Å²) in [5.41, 5.74) is 2.25. The van der Waals surface area contributed by atoms with Gasteiger partial charge in [0.05, 0.1) is 17.1 Å². The Bertz CT molecular complexity index is 445. The molecular weight excluding hydrogens is 164 g/mol. The molecule has 13 heavy (non-hydrogen) atoms. The minimum atomic E-state index is 0.306. The number of nitrogens with zero attached hydrogens (tertiary/aromatic N) is 2. The van der Waals surface area contributed by atoms with Crippen molar-refractivity contribution in [1.29, 1.82) is 0 Å². The lowest BCUT2D eigenvalue weighted by Gasteiger charge is -2.02. The molecule has 0 amide bonds. The molecule has 2 rings (SSSR count). The summed E-state index contributed by atoms with van der Waals surface area (Å²) >= 11 is 0. The molecule has 0 aliphatic heterocycles. The molecule has 0 bridgehead atoms. The highest BCUT2D eigenvalue weighted by Gasteiger charge is 2.07. The number of aryl methyl sites for hydroxylation is 2. The molecule has 2 aromatic rings. The van der Waals surface area contributed by atoms with E-state index in [2.05, 4.69) is 12.0 Å². The van der Waals surface area contributed by atoms with E-state index in [0.717, 1.165) is 17.3 Å². The zero-order valence-corrected chi connectivity index (χ0v) is 7.78. The lowest BCUT2D eigenvalue weighted by molar-refractivity contribution is 0.481. The fourth-order valence-corrected chi connectivity index (χ4v) is 1.64. The van der Waals surface area contributed by atoms with Gasteiger partial charge in [-0.3, -0.25) is 4.68 Å². The molecule has 0 unspecified atom stereocenters. The number of phenolic OH excluding ortho intramolecular Hbond substituents is 1. The molecule has 0 saturated heterocycles. The fourth-order valence-electron chi connectivity index (χ4n) is 1.64. The molecule has 3 nitrogen and oxygen atoms in total. The van der Waals surface area contributed by atoms with Gasteiger partial charge in [-0.2, -0.15) is 5.10 Å². The Morgan fingerprint density at radius 3 is 2.92 bits per heavy atom. The van der Waals surface area contributed by atoms with Gasteiger partial charge in [0.1, 0.15) is 5.75 Å². The van der Waals surface area contributed by atoms with Crippen molar-refractivity contribution >= 4 is 10.9 Å². The molecule has 1 aromatic heterocycles. The molecule has 0 atom stereocenters. The van der Waals surface area contributed by atoms with Gasteiger partial charge in [0.25, 0.3) is 0 Å². The first-order chi connectivity index (χ1) is 6.24. The topological polar surface area (TPSA) is 38.1 Å². The van der Waals surface area contributed by atoms with Crippen molar-refractivity contribution in [1.82, 2.24) is 9.78 Å². The van der Waals surface area contributed by atoms with Gasteiger partial charge < -0.3 is 5.11 Å². The first-order valence-corrected chi connectivity index (χ1v) is 4.36. The molecule has 0 aliphatic carbocycles. The second kappa shape index (κ2) is 2.76. The summed E-state index contributed by atoms with van der Waals surface area (Å²) < 4.78 is 1.80. The van der Waals surface area contributed by atoms with E-state index in [1.165, 1.54) is 5.56 Å². The summed E-state index contributed by atoms with van der Waals surface area (Å²) in [6, 6.07) is 3.67. The van der Waals surface area contributed by atoms with Crippen LogP contribution in [0.5, 0.6) is 5.75 Å².